The Morgan fingerprint density at radius 2 is 2.09 bits per heavy atom. The van der Waals surface area contributed by atoms with Gasteiger partial charge in [0, 0.05) is 6.04 Å². The molecule has 1 aromatic carbocycles. The first-order valence-corrected chi connectivity index (χ1v) is 7.88. The number of furan rings is 1. The van der Waals surface area contributed by atoms with Crippen molar-refractivity contribution < 1.29 is 9.21 Å². The number of rotatable bonds is 6. The summed E-state index contributed by atoms with van der Waals surface area (Å²) < 4.78 is 5.23. The molecule has 4 heteroatoms. The van der Waals surface area contributed by atoms with Gasteiger partial charge in [0.25, 0.3) is 0 Å². The maximum atomic E-state index is 12.1. The minimum Gasteiger partial charge on any atom is -0.467 e. The summed E-state index contributed by atoms with van der Waals surface area (Å²) >= 11 is 0. The molecule has 1 amide bonds. The summed E-state index contributed by atoms with van der Waals surface area (Å²) in [5.74, 6) is 0.854. The van der Waals surface area contributed by atoms with Crippen LogP contribution in [-0.4, -0.2) is 29.9 Å². The van der Waals surface area contributed by atoms with Gasteiger partial charge in [-0.15, -0.1) is 0 Å². The molecular formula is C18H22N2O2. The van der Waals surface area contributed by atoms with E-state index in [1.807, 2.05) is 18.2 Å². The monoisotopic (exact) mass is 298 g/mol. The zero-order valence-corrected chi connectivity index (χ0v) is 12.7. The molecule has 1 aliphatic rings. The zero-order chi connectivity index (χ0) is 15.2. The summed E-state index contributed by atoms with van der Waals surface area (Å²) in [7, 11) is 0. The Morgan fingerprint density at radius 3 is 2.86 bits per heavy atom. The summed E-state index contributed by atoms with van der Waals surface area (Å²) in [6.07, 6.45) is 4.98. The molecule has 116 valence electrons. The number of carbonyl (C=O) groups is 1. The fraction of sp³-hybridized carbons (Fsp3) is 0.389. The highest BCUT2D eigenvalue weighted by Crippen LogP contribution is 2.20. The van der Waals surface area contributed by atoms with Gasteiger partial charge in [-0.25, -0.2) is 0 Å². The van der Waals surface area contributed by atoms with E-state index >= 15 is 0 Å². The van der Waals surface area contributed by atoms with E-state index in [-0.39, 0.29) is 5.91 Å². The highest BCUT2D eigenvalue weighted by molar-refractivity contribution is 5.78. The first-order chi connectivity index (χ1) is 10.8. The molecule has 1 atom stereocenters. The quantitative estimate of drug-likeness (QED) is 0.891. The molecule has 22 heavy (non-hydrogen) atoms. The standard InChI is InChI=1S/C18H22N2O2/c21-18(19-13-17-9-5-11-22-17)14-20-10-4-8-16(20)12-15-6-2-1-3-7-15/h1-3,5-7,9,11,16H,4,8,10,12-14H2,(H,19,21)/t16-/m0/s1. The van der Waals surface area contributed by atoms with Crippen LogP contribution >= 0.6 is 0 Å². The van der Waals surface area contributed by atoms with Crippen LogP contribution in [-0.2, 0) is 17.8 Å². The van der Waals surface area contributed by atoms with Crippen LogP contribution in [0.5, 0.6) is 0 Å². The van der Waals surface area contributed by atoms with Crippen molar-refractivity contribution in [3.05, 3.63) is 60.1 Å². The molecule has 1 fully saturated rings. The highest BCUT2D eigenvalue weighted by Gasteiger charge is 2.26. The van der Waals surface area contributed by atoms with Crippen LogP contribution in [0.3, 0.4) is 0 Å². The molecule has 0 saturated carbocycles. The Morgan fingerprint density at radius 1 is 1.23 bits per heavy atom. The Labute approximate surface area is 131 Å². The first kappa shape index (κ1) is 14.9. The predicted octanol–water partition coefficient (Wildman–Crippen LogP) is 2.60. The van der Waals surface area contributed by atoms with Gasteiger partial charge in [-0.2, -0.15) is 0 Å². The molecule has 0 spiro atoms. The van der Waals surface area contributed by atoms with E-state index in [0.29, 0.717) is 19.1 Å². The molecular weight excluding hydrogens is 276 g/mol. The van der Waals surface area contributed by atoms with E-state index < -0.39 is 0 Å². The zero-order valence-electron chi connectivity index (χ0n) is 12.7. The van der Waals surface area contributed by atoms with Crippen LogP contribution in [0.25, 0.3) is 0 Å². The van der Waals surface area contributed by atoms with Gasteiger partial charge in [0.15, 0.2) is 0 Å². The molecule has 1 N–H and O–H groups in total. The molecule has 1 saturated heterocycles. The fourth-order valence-electron chi connectivity index (χ4n) is 3.06. The van der Waals surface area contributed by atoms with Crippen molar-refractivity contribution in [3.63, 3.8) is 0 Å². The molecule has 0 aliphatic carbocycles. The third-order valence-corrected chi connectivity index (χ3v) is 4.20. The van der Waals surface area contributed by atoms with Gasteiger partial charge in [0.05, 0.1) is 19.4 Å². The average Bonchev–Trinajstić information content (AvgIpc) is 3.19. The lowest BCUT2D eigenvalue weighted by atomic mass is 10.0. The Kier molecular flexibility index (Phi) is 4.91. The smallest absolute Gasteiger partial charge is 0.234 e. The maximum Gasteiger partial charge on any atom is 0.234 e. The topological polar surface area (TPSA) is 45.5 Å². The molecule has 1 aliphatic heterocycles. The Hall–Kier alpha value is -2.07. The van der Waals surface area contributed by atoms with Crippen LogP contribution < -0.4 is 5.32 Å². The van der Waals surface area contributed by atoms with E-state index in [1.165, 1.54) is 18.4 Å². The van der Waals surface area contributed by atoms with Crippen LogP contribution in [0.15, 0.2) is 53.1 Å². The number of likely N-dealkylation sites (tertiary alicyclic amines) is 1. The number of amides is 1. The third kappa shape index (κ3) is 3.98. The summed E-state index contributed by atoms with van der Waals surface area (Å²) in [5.41, 5.74) is 1.34. The summed E-state index contributed by atoms with van der Waals surface area (Å²) in [6.45, 7) is 1.94. The molecule has 0 radical (unpaired) electrons. The minimum atomic E-state index is 0.0661. The molecule has 4 nitrogen and oxygen atoms in total. The van der Waals surface area contributed by atoms with Gasteiger partial charge >= 0.3 is 0 Å². The Balaban J connectivity index is 1.49. The largest absolute Gasteiger partial charge is 0.467 e. The van der Waals surface area contributed by atoms with E-state index in [4.69, 9.17) is 4.42 Å². The van der Waals surface area contributed by atoms with Crippen molar-refractivity contribution in [2.75, 3.05) is 13.1 Å². The van der Waals surface area contributed by atoms with Gasteiger partial charge < -0.3 is 9.73 Å². The number of benzene rings is 1. The molecule has 0 unspecified atom stereocenters. The number of nitrogens with one attached hydrogen (secondary N) is 1. The molecule has 2 heterocycles. The van der Waals surface area contributed by atoms with Crippen molar-refractivity contribution in [3.8, 4) is 0 Å². The lowest BCUT2D eigenvalue weighted by molar-refractivity contribution is -0.122. The second-order valence-electron chi connectivity index (χ2n) is 5.81. The van der Waals surface area contributed by atoms with Crippen molar-refractivity contribution in [2.45, 2.75) is 31.8 Å². The number of hydrogen-bond acceptors (Lipinski definition) is 3. The van der Waals surface area contributed by atoms with Gasteiger partial charge in [-0.05, 0) is 43.5 Å². The van der Waals surface area contributed by atoms with E-state index in [2.05, 4.69) is 34.5 Å². The average molecular weight is 298 g/mol. The first-order valence-electron chi connectivity index (χ1n) is 7.88. The van der Waals surface area contributed by atoms with Crippen LogP contribution in [0.1, 0.15) is 24.2 Å². The summed E-state index contributed by atoms with van der Waals surface area (Å²) in [4.78, 5) is 14.4. The van der Waals surface area contributed by atoms with E-state index in [0.717, 1.165) is 18.7 Å². The van der Waals surface area contributed by atoms with Crippen LogP contribution in [0.2, 0.25) is 0 Å². The summed E-state index contributed by atoms with van der Waals surface area (Å²) in [6, 6.07) is 14.7. The van der Waals surface area contributed by atoms with Gasteiger partial charge in [0.2, 0.25) is 5.91 Å². The van der Waals surface area contributed by atoms with Gasteiger partial charge in [0.1, 0.15) is 5.76 Å². The number of carbonyl (C=O) groups excluding carboxylic acids is 1. The van der Waals surface area contributed by atoms with Gasteiger partial charge in [-0.3, -0.25) is 9.69 Å². The number of nitrogens with zero attached hydrogens (tertiary/aromatic N) is 1. The normalized spacial score (nSPS) is 18.5. The number of hydrogen-bond donors (Lipinski definition) is 1. The molecule has 1 aromatic heterocycles. The second kappa shape index (κ2) is 7.27. The lowest BCUT2D eigenvalue weighted by Crippen LogP contribution is -2.40. The molecule has 3 rings (SSSR count). The van der Waals surface area contributed by atoms with Crippen molar-refractivity contribution in [1.82, 2.24) is 10.2 Å². The van der Waals surface area contributed by atoms with Gasteiger partial charge in [-0.1, -0.05) is 30.3 Å². The predicted molar refractivity (Wildman–Crippen MR) is 85.3 cm³/mol. The van der Waals surface area contributed by atoms with Crippen LogP contribution in [0, 0.1) is 0 Å². The molecule has 2 aromatic rings. The van der Waals surface area contributed by atoms with Crippen LogP contribution in [0.4, 0.5) is 0 Å². The second-order valence-corrected chi connectivity index (χ2v) is 5.81. The third-order valence-electron chi connectivity index (χ3n) is 4.20. The summed E-state index contributed by atoms with van der Waals surface area (Å²) in [5, 5.41) is 2.92. The minimum absolute atomic E-state index is 0.0661. The lowest BCUT2D eigenvalue weighted by Gasteiger charge is -2.23. The van der Waals surface area contributed by atoms with E-state index in [9.17, 15) is 4.79 Å². The Bertz CT molecular complexity index is 580. The van der Waals surface area contributed by atoms with Crippen molar-refractivity contribution in [2.24, 2.45) is 0 Å². The maximum absolute atomic E-state index is 12.1. The van der Waals surface area contributed by atoms with E-state index in [1.54, 1.807) is 6.26 Å². The fourth-order valence-corrected chi connectivity index (χ4v) is 3.06. The SMILES string of the molecule is O=C(CN1CCC[C@H]1Cc1ccccc1)NCc1ccco1. The molecule has 0 bridgehead atoms. The highest BCUT2D eigenvalue weighted by atomic mass is 16.3. The van der Waals surface area contributed by atoms with Crippen molar-refractivity contribution in [1.29, 1.82) is 0 Å². The van der Waals surface area contributed by atoms with Crippen molar-refractivity contribution >= 4 is 5.91 Å².